The number of esters is 1. The number of benzene rings is 1. The number of epoxide rings is 1. The van der Waals surface area contributed by atoms with E-state index >= 15 is 0 Å². The molecule has 10 nitrogen and oxygen atoms in total. The number of carbonyl (C=O) groups is 2. The third-order valence-electron chi connectivity index (χ3n) is 10.5. The van der Waals surface area contributed by atoms with Gasteiger partial charge in [0.15, 0.2) is 17.4 Å². The number of hydrogen-bond donors (Lipinski definition) is 1. The summed E-state index contributed by atoms with van der Waals surface area (Å²) in [5.41, 5.74) is -3.12. The highest BCUT2D eigenvalue weighted by molar-refractivity contribution is 5.89. The van der Waals surface area contributed by atoms with E-state index in [0.717, 1.165) is 0 Å². The summed E-state index contributed by atoms with van der Waals surface area (Å²) in [6, 6.07) is 8.76. The van der Waals surface area contributed by atoms with Crippen LogP contribution >= 0.6 is 0 Å². The van der Waals surface area contributed by atoms with E-state index in [4.69, 9.17) is 33.2 Å². The Labute approximate surface area is 252 Å². The predicted molar refractivity (Wildman–Crippen MR) is 153 cm³/mol. The minimum Gasteiger partial charge on any atom is -0.455 e. The van der Waals surface area contributed by atoms with E-state index in [1.165, 1.54) is 0 Å². The van der Waals surface area contributed by atoms with Gasteiger partial charge in [0.05, 0.1) is 37.6 Å². The van der Waals surface area contributed by atoms with Crippen molar-refractivity contribution in [2.75, 3.05) is 26.9 Å². The Balaban J connectivity index is 1.56. The molecule has 3 saturated heterocycles. The number of hydrogen-bond acceptors (Lipinski definition) is 10. The number of aliphatic hydroxyl groups excluding tert-OH is 1. The van der Waals surface area contributed by atoms with Gasteiger partial charge in [-0.05, 0) is 45.1 Å². The number of ketones is 1. The lowest BCUT2D eigenvalue weighted by Crippen LogP contribution is -2.71. The van der Waals surface area contributed by atoms with Gasteiger partial charge in [0.1, 0.15) is 23.9 Å². The van der Waals surface area contributed by atoms with Crippen LogP contribution < -0.4 is 0 Å². The van der Waals surface area contributed by atoms with Crippen molar-refractivity contribution < 1.29 is 47.9 Å². The Morgan fingerprint density at radius 2 is 1.65 bits per heavy atom. The first kappa shape index (κ1) is 30.8. The van der Waals surface area contributed by atoms with Crippen molar-refractivity contribution in [3.8, 4) is 0 Å². The molecule has 5 aliphatic rings. The van der Waals surface area contributed by atoms with Crippen molar-refractivity contribution in [2.24, 2.45) is 22.7 Å². The zero-order valence-electron chi connectivity index (χ0n) is 26.0. The number of aliphatic hydroxyl groups is 1. The summed E-state index contributed by atoms with van der Waals surface area (Å²) in [7, 11) is 1.56. The molecule has 5 fully saturated rings. The average Bonchev–Trinajstić information content (AvgIpc) is 3.67. The summed E-state index contributed by atoms with van der Waals surface area (Å²) < 4.78 is 43.8. The van der Waals surface area contributed by atoms with Crippen LogP contribution in [0.2, 0.25) is 0 Å². The zero-order valence-corrected chi connectivity index (χ0v) is 26.0. The number of rotatable bonds is 5. The maximum Gasteiger partial charge on any atom is 0.338 e. The molecule has 0 spiro atoms. The quantitative estimate of drug-likeness (QED) is 0.306. The summed E-state index contributed by atoms with van der Waals surface area (Å²) in [6.07, 6.45) is -0.0634. The van der Waals surface area contributed by atoms with Crippen LogP contribution in [0.5, 0.6) is 0 Å². The van der Waals surface area contributed by atoms with Gasteiger partial charge in [-0.3, -0.25) is 4.79 Å². The molecule has 6 rings (SSSR count). The minimum absolute atomic E-state index is 0.0437. The van der Waals surface area contributed by atoms with Crippen LogP contribution in [0.15, 0.2) is 42.5 Å². The topological polar surface area (TPSA) is 122 Å². The number of methoxy groups -OCH3 is 1. The predicted octanol–water partition coefficient (Wildman–Crippen LogP) is 3.45. The van der Waals surface area contributed by atoms with Crippen molar-refractivity contribution in [2.45, 2.75) is 95.7 Å². The minimum atomic E-state index is -1.38. The molecule has 0 bridgehead atoms. The van der Waals surface area contributed by atoms with Gasteiger partial charge in [-0.15, -0.1) is 0 Å². The zero-order chi connectivity index (χ0) is 31.0. The summed E-state index contributed by atoms with van der Waals surface area (Å²) in [5, 5.41) is 11.9. The Morgan fingerprint density at radius 3 is 2.30 bits per heavy atom. The number of Topliss-reactive ketones (excluding diaryl/α,β-unsaturated/α-hetero) is 1. The number of ether oxygens (including phenoxy) is 7. The second kappa shape index (κ2) is 10.4. The molecule has 3 aliphatic heterocycles. The normalized spacial score (nSPS) is 42.7. The van der Waals surface area contributed by atoms with Gasteiger partial charge < -0.3 is 38.3 Å². The van der Waals surface area contributed by atoms with E-state index in [9.17, 15) is 14.7 Å². The first-order valence-electron chi connectivity index (χ1n) is 15.2. The van der Waals surface area contributed by atoms with Crippen molar-refractivity contribution in [1.29, 1.82) is 0 Å². The Hall–Kier alpha value is -2.18. The molecule has 0 aromatic heterocycles. The molecule has 10 heteroatoms. The Bertz CT molecular complexity index is 1270. The average molecular weight is 601 g/mol. The van der Waals surface area contributed by atoms with Crippen LogP contribution in [-0.2, 0) is 38.0 Å². The summed E-state index contributed by atoms with van der Waals surface area (Å²) in [4.78, 5) is 27.9. The molecule has 2 aliphatic carbocycles. The number of carbonyl (C=O) groups excluding carboxylic acids is 2. The highest BCUT2D eigenvalue weighted by Gasteiger charge is 2.76. The van der Waals surface area contributed by atoms with Gasteiger partial charge in [0.25, 0.3) is 0 Å². The van der Waals surface area contributed by atoms with Crippen molar-refractivity contribution >= 4 is 11.8 Å². The maximum atomic E-state index is 14.0. The molecule has 1 aromatic rings. The van der Waals surface area contributed by atoms with Gasteiger partial charge in [-0.1, -0.05) is 39.0 Å². The van der Waals surface area contributed by atoms with Crippen LogP contribution in [0.1, 0.15) is 58.3 Å². The fourth-order valence-corrected chi connectivity index (χ4v) is 8.14. The van der Waals surface area contributed by atoms with E-state index in [2.05, 4.69) is 0 Å². The smallest absolute Gasteiger partial charge is 0.338 e. The molecule has 236 valence electrons. The van der Waals surface area contributed by atoms with Gasteiger partial charge in [-0.2, -0.15) is 0 Å². The lowest BCUT2D eigenvalue weighted by molar-refractivity contribution is -0.323. The number of fused-ring (bicyclic) bond motifs is 6. The molecule has 1 aromatic carbocycles. The summed E-state index contributed by atoms with van der Waals surface area (Å²) in [5.74, 6) is -3.85. The SMILES string of the molecule is CO[C@]1(/C=C/C2(C)OCCO2)[C@@H](OC(=O)c2ccccc2)[C@H]2[C@@H]3COC(C)(C)O[C@H]3[C@H]3O[C@H]3[C@@]2(C)[C@H](O)C(=O)CC1(C)C. The van der Waals surface area contributed by atoms with E-state index in [-0.39, 0.29) is 24.9 Å². The third-order valence-corrected chi connectivity index (χ3v) is 10.5. The molecule has 2 saturated carbocycles. The van der Waals surface area contributed by atoms with E-state index < -0.39 is 70.2 Å². The molecule has 1 N–H and O–H groups in total. The molecule has 0 unspecified atom stereocenters. The molecule has 9 atom stereocenters. The first-order chi connectivity index (χ1) is 20.2. The largest absolute Gasteiger partial charge is 0.455 e. The lowest BCUT2D eigenvalue weighted by atomic mass is 9.50. The van der Waals surface area contributed by atoms with Gasteiger partial charge >= 0.3 is 5.97 Å². The van der Waals surface area contributed by atoms with Crippen molar-refractivity contribution in [1.82, 2.24) is 0 Å². The Morgan fingerprint density at radius 1 is 0.977 bits per heavy atom. The van der Waals surface area contributed by atoms with E-state index in [1.807, 2.05) is 53.7 Å². The highest BCUT2D eigenvalue weighted by atomic mass is 16.7. The van der Waals surface area contributed by atoms with Crippen molar-refractivity contribution in [3.63, 3.8) is 0 Å². The second-order valence-electron chi connectivity index (χ2n) is 14.0. The molecular weight excluding hydrogens is 556 g/mol. The maximum absolute atomic E-state index is 14.0. The first-order valence-corrected chi connectivity index (χ1v) is 15.2. The molecular formula is C33H44O10. The van der Waals surface area contributed by atoms with Crippen molar-refractivity contribution in [3.05, 3.63) is 48.0 Å². The monoisotopic (exact) mass is 600 g/mol. The third kappa shape index (κ3) is 4.90. The van der Waals surface area contributed by atoms with Gasteiger partial charge in [0, 0.05) is 36.2 Å². The molecule has 43 heavy (non-hydrogen) atoms. The van der Waals surface area contributed by atoms with Gasteiger partial charge in [-0.25, -0.2) is 4.79 Å². The highest BCUT2D eigenvalue weighted by Crippen LogP contribution is 2.64. The van der Waals surface area contributed by atoms with E-state index in [0.29, 0.717) is 18.8 Å². The van der Waals surface area contributed by atoms with Crippen LogP contribution in [-0.4, -0.2) is 91.5 Å². The Kier molecular flexibility index (Phi) is 7.48. The summed E-state index contributed by atoms with van der Waals surface area (Å²) >= 11 is 0. The van der Waals surface area contributed by atoms with Gasteiger partial charge in [0.2, 0.25) is 0 Å². The van der Waals surface area contributed by atoms with Crippen LogP contribution in [0.25, 0.3) is 0 Å². The molecule has 0 radical (unpaired) electrons. The van der Waals surface area contributed by atoms with Crippen LogP contribution in [0, 0.1) is 22.7 Å². The lowest BCUT2D eigenvalue weighted by Gasteiger charge is -2.60. The van der Waals surface area contributed by atoms with E-state index in [1.54, 1.807) is 37.5 Å². The van der Waals surface area contributed by atoms with Crippen LogP contribution in [0.3, 0.4) is 0 Å². The second-order valence-corrected chi connectivity index (χ2v) is 14.0. The summed E-state index contributed by atoms with van der Waals surface area (Å²) in [6.45, 7) is 12.3. The fraction of sp³-hybridized carbons (Fsp3) is 0.697. The van der Waals surface area contributed by atoms with Crippen LogP contribution in [0.4, 0.5) is 0 Å². The fourth-order valence-electron chi connectivity index (χ4n) is 8.14. The molecule has 3 heterocycles. The standard InChI is InChI=1S/C33H44O10/c1-29(2)17-21(34)25(35)32(6)22(20-18-40-30(3,4)43-23(20)24-27(32)41-24)26(42-28(36)19-11-9-8-10-12-19)33(29,37-7)14-13-31(5)38-15-16-39-31/h8-14,20,22-27,35H,15-18H2,1-7H3/b14-13+/t20-,22+,23+,24+,25+,26-,27+,32+,33+/m0/s1. The molecule has 0 amide bonds.